The Morgan fingerprint density at radius 2 is 1.65 bits per heavy atom. The molecule has 0 aliphatic heterocycles. The number of hydrogen-bond donors (Lipinski definition) is 1. The number of aryl methyl sites for hydroxylation is 1. The number of amides is 2. The first-order valence-electron chi connectivity index (χ1n) is 13.0. The Morgan fingerprint density at radius 3 is 2.23 bits per heavy atom. The fraction of sp³-hybridized carbons (Fsp3) is 0.333. The van der Waals surface area contributed by atoms with Crippen molar-refractivity contribution in [3.8, 4) is 5.75 Å². The van der Waals surface area contributed by atoms with Crippen molar-refractivity contribution in [2.24, 2.45) is 0 Å². The lowest BCUT2D eigenvalue weighted by Gasteiger charge is -2.32. The average Bonchev–Trinajstić information content (AvgIpc) is 2.94. The second kappa shape index (κ2) is 13.7. The number of methoxy groups -OCH3 is 1. The first-order chi connectivity index (χ1) is 19.0. The SMILES string of the molecule is CC[C@@H](C)NC(=O)[C@@H](C)N(Cc1ccc(C)cc1)C(=O)CN(c1cccc(Cl)c1)S(=O)(=O)c1ccc(OC)cc1. The van der Waals surface area contributed by atoms with Crippen LogP contribution in [0.1, 0.15) is 38.3 Å². The van der Waals surface area contributed by atoms with Crippen molar-refractivity contribution in [2.45, 2.75) is 57.6 Å². The number of sulfonamides is 1. The van der Waals surface area contributed by atoms with Crippen LogP contribution in [-0.4, -0.2) is 50.9 Å². The van der Waals surface area contributed by atoms with E-state index in [1.54, 1.807) is 25.1 Å². The topological polar surface area (TPSA) is 96.0 Å². The highest BCUT2D eigenvalue weighted by Gasteiger charge is 2.33. The van der Waals surface area contributed by atoms with Gasteiger partial charge in [0.05, 0.1) is 17.7 Å². The van der Waals surface area contributed by atoms with Crippen LogP contribution in [0.15, 0.2) is 77.7 Å². The number of carbonyl (C=O) groups excluding carboxylic acids is 2. The summed E-state index contributed by atoms with van der Waals surface area (Å²) in [6, 6.07) is 18.9. The van der Waals surface area contributed by atoms with Gasteiger partial charge in [-0.15, -0.1) is 0 Å². The van der Waals surface area contributed by atoms with Gasteiger partial charge in [-0.3, -0.25) is 13.9 Å². The molecule has 0 saturated heterocycles. The summed E-state index contributed by atoms with van der Waals surface area (Å²) in [5, 5.41) is 3.24. The Balaban J connectivity index is 2.02. The van der Waals surface area contributed by atoms with Crippen LogP contribution >= 0.6 is 11.6 Å². The molecule has 10 heteroatoms. The van der Waals surface area contributed by atoms with Gasteiger partial charge in [-0.25, -0.2) is 8.42 Å². The fourth-order valence-corrected chi connectivity index (χ4v) is 5.56. The zero-order valence-corrected chi connectivity index (χ0v) is 25.0. The molecular weight excluding hydrogens is 550 g/mol. The third kappa shape index (κ3) is 7.76. The smallest absolute Gasteiger partial charge is 0.264 e. The van der Waals surface area contributed by atoms with Crippen LogP contribution in [0, 0.1) is 6.92 Å². The van der Waals surface area contributed by atoms with Crippen LogP contribution in [0.5, 0.6) is 5.75 Å². The van der Waals surface area contributed by atoms with E-state index in [2.05, 4.69) is 5.32 Å². The van der Waals surface area contributed by atoms with E-state index >= 15 is 0 Å². The van der Waals surface area contributed by atoms with E-state index in [1.165, 1.54) is 42.3 Å². The van der Waals surface area contributed by atoms with Gasteiger partial charge >= 0.3 is 0 Å². The minimum absolute atomic E-state index is 0.0197. The van der Waals surface area contributed by atoms with Gasteiger partial charge in [-0.1, -0.05) is 54.4 Å². The highest BCUT2D eigenvalue weighted by molar-refractivity contribution is 7.92. The number of rotatable bonds is 12. The molecule has 3 aromatic carbocycles. The molecule has 0 heterocycles. The van der Waals surface area contributed by atoms with Gasteiger partial charge in [0.2, 0.25) is 11.8 Å². The molecule has 40 heavy (non-hydrogen) atoms. The highest BCUT2D eigenvalue weighted by atomic mass is 35.5. The van der Waals surface area contributed by atoms with Gasteiger partial charge in [0.25, 0.3) is 10.0 Å². The minimum Gasteiger partial charge on any atom is -0.497 e. The number of nitrogens with one attached hydrogen (secondary N) is 1. The molecule has 0 spiro atoms. The summed E-state index contributed by atoms with van der Waals surface area (Å²) in [5.74, 6) is -0.360. The van der Waals surface area contributed by atoms with E-state index < -0.39 is 28.5 Å². The van der Waals surface area contributed by atoms with Crippen LogP contribution in [-0.2, 0) is 26.2 Å². The molecule has 2 amide bonds. The highest BCUT2D eigenvalue weighted by Crippen LogP contribution is 2.28. The molecule has 0 radical (unpaired) electrons. The van der Waals surface area contributed by atoms with Crippen LogP contribution in [0.4, 0.5) is 5.69 Å². The molecule has 214 valence electrons. The number of ether oxygens (including phenoxy) is 1. The summed E-state index contributed by atoms with van der Waals surface area (Å²) >= 11 is 6.21. The second-order valence-corrected chi connectivity index (χ2v) is 12.0. The zero-order chi connectivity index (χ0) is 29.4. The summed E-state index contributed by atoms with van der Waals surface area (Å²) in [6.45, 7) is 7.03. The quantitative estimate of drug-likeness (QED) is 0.316. The van der Waals surface area contributed by atoms with Crippen LogP contribution in [0.2, 0.25) is 5.02 Å². The maximum Gasteiger partial charge on any atom is 0.264 e. The molecule has 0 aliphatic carbocycles. The van der Waals surface area contributed by atoms with E-state index in [0.717, 1.165) is 21.9 Å². The number of carbonyl (C=O) groups is 2. The van der Waals surface area contributed by atoms with E-state index in [-0.39, 0.29) is 29.1 Å². The summed E-state index contributed by atoms with van der Waals surface area (Å²) < 4.78 is 33.9. The Labute approximate surface area is 241 Å². The standard InChI is InChI=1S/C30H36ClN3O5S/c1-6-22(3)32-30(36)23(4)33(19-24-12-10-21(2)11-13-24)29(35)20-34(26-9-7-8-25(31)18-26)40(37,38)28-16-14-27(39-5)15-17-28/h7-18,22-23H,6,19-20H2,1-5H3,(H,32,36)/t22-,23-/m1/s1. The van der Waals surface area contributed by atoms with Gasteiger partial charge in [0, 0.05) is 17.6 Å². The van der Waals surface area contributed by atoms with Crippen molar-refractivity contribution in [1.29, 1.82) is 0 Å². The lowest BCUT2D eigenvalue weighted by atomic mass is 10.1. The summed E-state index contributed by atoms with van der Waals surface area (Å²) in [7, 11) is -2.71. The van der Waals surface area contributed by atoms with Gasteiger partial charge in [-0.05, 0) is 75.2 Å². The van der Waals surface area contributed by atoms with Crippen molar-refractivity contribution in [3.05, 3.63) is 88.9 Å². The van der Waals surface area contributed by atoms with Crippen molar-refractivity contribution in [2.75, 3.05) is 18.0 Å². The molecule has 3 aromatic rings. The summed E-state index contributed by atoms with van der Waals surface area (Å²) in [6.07, 6.45) is 0.729. The second-order valence-electron chi connectivity index (χ2n) is 9.67. The number of nitrogens with zero attached hydrogens (tertiary/aromatic N) is 2. The minimum atomic E-state index is -4.20. The van der Waals surface area contributed by atoms with Crippen LogP contribution < -0.4 is 14.4 Å². The molecule has 0 saturated carbocycles. The van der Waals surface area contributed by atoms with Crippen molar-refractivity contribution in [1.82, 2.24) is 10.2 Å². The maximum absolute atomic E-state index is 13.9. The van der Waals surface area contributed by atoms with E-state index in [1.807, 2.05) is 45.0 Å². The van der Waals surface area contributed by atoms with Crippen molar-refractivity contribution in [3.63, 3.8) is 0 Å². The molecule has 8 nitrogen and oxygen atoms in total. The fourth-order valence-electron chi connectivity index (χ4n) is 3.97. The van der Waals surface area contributed by atoms with Gasteiger partial charge in [-0.2, -0.15) is 0 Å². The number of halogens is 1. The Bertz CT molecular complexity index is 1410. The predicted molar refractivity (Wildman–Crippen MR) is 158 cm³/mol. The molecule has 0 bridgehead atoms. The molecule has 0 aromatic heterocycles. The largest absolute Gasteiger partial charge is 0.497 e. The van der Waals surface area contributed by atoms with Crippen molar-refractivity contribution < 1.29 is 22.7 Å². The van der Waals surface area contributed by atoms with E-state index in [9.17, 15) is 18.0 Å². The first-order valence-corrected chi connectivity index (χ1v) is 14.9. The Morgan fingerprint density at radius 1 is 1.00 bits per heavy atom. The molecule has 1 N–H and O–H groups in total. The predicted octanol–water partition coefficient (Wildman–Crippen LogP) is 5.18. The molecule has 2 atom stereocenters. The Kier molecular flexibility index (Phi) is 10.6. The van der Waals surface area contributed by atoms with E-state index in [0.29, 0.717) is 10.8 Å². The molecule has 0 fully saturated rings. The van der Waals surface area contributed by atoms with Gasteiger partial charge in [0.15, 0.2) is 0 Å². The summed E-state index contributed by atoms with van der Waals surface area (Å²) in [4.78, 5) is 28.5. The third-order valence-corrected chi connectivity index (χ3v) is 8.69. The average molecular weight is 586 g/mol. The van der Waals surface area contributed by atoms with Crippen LogP contribution in [0.25, 0.3) is 0 Å². The lowest BCUT2D eigenvalue weighted by molar-refractivity contribution is -0.139. The van der Waals surface area contributed by atoms with Gasteiger partial charge < -0.3 is 15.0 Å². The van der Waals surface area contributed by atoms with Gasteiger partial charge in [0.1, 0.15) is 18.3 Å². The zero-order valence-electron chi connectivity index (χ0n) is 23.4. The molecule has 3 rings (SSSR count). The normalized spacial score (nSPS) is 12.8. The van der Waals surface area contributed by atoms with E-state index in [4.69, 9.17) is 16.3 Å². The molecule has 0 aliphatic rings. The monoisotopic (exact) mass is 585 g/mol. The number of anilines is 1. The first kappa shape index (κ1) is 31.0. The van der Waals surface area contributed by atoms with Crippen molar-refractivity contribution >= 4 is 39.1 Å². The number of benzene rings is 3. The Hall–Kier alpha value is -3.56. The maximum atomic E-state index is 13.9. The molecular formula is C30H36ClN3O5S. The number of hydrogen-bond acceptors (Lipinski definition) is 5. The molecule has 0 unspecified atom stereocenters. The third-order valence-electron chi connectivity index (χ3n) is 6.66. The lowest BCUT2D eigenvalue weighted by Crippen LogP contribution is -2.52. The van der Waals surface area contributed by atoms with Crippen LogP contribution in [0.3, 0.4) is 0 Å². The summed E-state index contributed by atoms with van der Waals surface area (Å²) in [5.41, 5.74) is 2.10.